The number of benzene rings is 1. The first-order chi connectivity index (χ1) is 13.6. The molecule has 146 valence electrons. The van der Waals surface area contributed by atoms with Crippen molar-refractivity contribution in [3.05, 3.63) is 53.1 Å². The Morgan fingerprint density at radius 1 is 1.32 bits per heavy atom. The van der Waals surface area contributed by atoms with E-state index in [0.29, 0.717) is 24.7 Å². The number of piperidine rings is 1. The molecule has 3 heterocycles. The van der Waals surface area contributed by atoms with Gasteiger partial charge in [-0.3, -0.25) is 4.79 Å². The summed E-state index contributed by atoms with van der Waals surface area (Å²) in [5, 5.41) is 12.2. The Morgan fingerprint density at radius 2 is 2.21 bits per heavy atom. The van der Waals surface area contributed by atoms with Crippen LogP contribution in [0.25, 0.3) is 10.9 Å². The lowest BCUT2D eigenvalue weighted by atomic mass is 9.97. The predicted octanol–water partition coefficient (Wildman–Crippen LogP) is 3.33. The number of aromatic amines is 1. The molecule has 2 N–H and O–H groups in total. The van der Waals surface area contributed by atoms with Gasteiger partial charge in [0.05, 0.1) is 5.92 Å². The van der Waals surface area contributed by atoms with Gasteiger partial charge in [-0.2, -0.15) is 0 Å². The highest BCUT2D eigenvalue weighted by molar-refractivity contribution is 6.29. The Bertz CT molecular complexity index is 974. The summed E-state index contributed by atoms with van der Waals surface area (Å²) in [6.45, 7) is 1.97. The quantitative estimate of drug-likeness (QED) is 0.687. The molecule has 1 amide bonds. The van der Waals surface area contributed by atoms with Crippen LogP contribution in [0.1, 0.15) is 18.4 Å². The molecule has 0 spiro atoms. The minimum absolute atomic E-state index is 0.0395. The number of hydrogen-bond donors (Lipinski definition) is 2. The lowest BCUT2D eigenvalue weighted by Crippen LogP contribution is -2.43. The molecule has 0 aliphatic carbocycles. The summed E-state index contributed by atoms with van der Waals surface area (Å²) < 4.78 is 13.5. The van der Waals surface area contributed by atoms with Gasteiger partial charge in [0, 0.05) is 36.7 Å². The second kappa shape index (κ2) is 8.14. The Hall–Kier alpha value is -2.67. The summed E-state index contributed by atoms with van der Waals surface area (Å²) in [5.41, 5.74) is 1.89. The number of H-pyrrole nitrogens is 1. The van der Waals surface area contributed by atoms with Crippen LogP contribution in [0.5, 0.6) is 0 Å². The molecule has 0 bridgehead atoms. The van der Waals surface area contributed by atoms with E-state index in [4.69, 9.17) is 11.6 Å². The fourth-order valence-corrected chi connectivity index (χ4v) is 3.80. The molecule has 1 aromatic carbocycles. The van der Waals surface area contributed by atoms with Crippen molar-refractivity contribution >= 4 is 34.2 Å². The molecule has 1 saturated heterocycles. The SMILES string of the molecule is O=C(NCCc1c[nH]c2ccc(F)cc12)[C@H]1CCCN(c2ccc(Cl)nn2)C1. The van der Waals surface area contributed by atoms with Gasteiger partial charge in [-0.05, 0) is 55.2 Å². The molecule has 1 atom stereocenters. The van der Waals surface area contributed by atoms with E-state index >= 15 is 0 Å². The number of anilines is 1. The van der Waals surface area contributed by atoms with Gasteiger partial charge in [0.25, 0.3) is 0 Å². The number of nitrogens with zero attached hydrogens (tertiary/aromatic N) is 3. The number of rotatable bonds is 5. The lowest BCUT2D eigenvalue weighted by molar-refractivity contribution is -0.125. The van der Waals surface area contributed by atoms with E-state index < -0.39 is 0 Å². The molecule has 4 rings (SSSR count). The van der Waals surface area contributed by atoms with Crippen LogP contribution in [-0.4, -0.2) is 40.7 Å². The zero-order valence-corrected chi connectivity index (χ0v) is 16.0. The highest BCUT2D eigenvalue weighted by Gasteiger charge is 2.26. The van der Waals surface area contributed by atoms with Gasteiger partial charge in [0.1, 0.15) is 5.82 Å². The largest absolute Gasteiger partial charge is 0.361 e. The van der Waals surface area contributed by atoms with Crippen molar-refractivity contribution in [3.8, 4) is 0 Å². The molecule has 8 heteroatoms. The Balaban J connectivity index is 1.33. The molecule has 0 radical (unpaired) electrons. The molecule has 2 aromatic heterocycles. The molecule has 1 fully saturated rings. The smallest absolute Gasteiger partial charge is 0.224 e. The average Bonchev–Trinajstić information content (AvgIpc) is 3.10. The third-order valence-corrected chi connectivity index (χ3v) is 5.36. The van der Waals surface area contributed by atoms with Gasteiger partial charge in [0.2, 0.25) is 5.91 Å². The zero-order chi connectivity index (χ0) is 19.5. The maximum Gasteiger partial charge on any atom is 0.224 e. The van der Waals surface area contributed by atoms with Gasteiger partial charge < -0.3 is 15.2 Å². The number of halogens is 2. The van der Waals surface area contributed by atoms with Crippen molar-refractivity contribution in [1.82, 2.24) is 20.5 Å². The normalized spacial score (nSPS) is 17.1. The minimum atomic E-state index is -0.259. The molecule has 1 aliphatic heterocycles. The van der Waals surface area contributed by atoms with Crippen LogP contribution >= 0.6 is 11.6 Å². The van der Waals surface area contributed by atoms with E-state index in [1.807, 2.05) is 12.3 Å². The highest BCUT2D eigenvalue weighted by atomic mass is 35.5. The number of carbonyl (C=O) groups is 1. The molecule has 0 unspecified atom stereocenters. The molecular weight excluding hydrogens is 381 g/mol. The fraction of sp³-hybridized carbons (Fsp3) is 0.350. The van der Waals surface area contributed by atoms with E-state index in [1.165, 1.54) is 12.1 Å². The van der Waals surface area contributed by atoms with Crippen molar-refractivity contribution < 1.29 is 9.18 Å². The summed E-state index contributed by atoms with van der Waals surface area (Å²) in [7, 11) is 0. The van der Waals surface area contributed by atoms with E-state index in [2.05, 4.69) is 25.4 Å². The number of nitrogens with one attached hydrogen (secondary N) is 2. The van der Waals surface area contributed by atoms with Crippen LogP contribution in [0.4, 0.5) is 10.2 Å². The van der Waals surface area contributed by atoms with Crippen LogP contribution in [0.15, 0.2) is 36.5 Å². The number of amides is 1. The predicted molar refractivity (Wildman–Crippen MR) is 107 cm³/mol. The first-order valence-electron chi connectivity index (χ1n) is 9.37. The maximum absolute atomic E-state index is 13.5. The van der Waals surface area contributed by atoms with Crippen molar-refractivity contribution in [2.75, 3.05) is 24.5 Å². The number of aromatic nitrogens is 3. The molecule has 3 aromatic rings. The Kier molecular flexibility index (Phi) is 5.43. The summed E-state index contributed by atoms with van der Waals surface area (Å²) in [4.78, 5) is 17.8. The first-order valence-corrected chi connectivity index (χ1v) is 9.75. The van der Waals surface area contributed by atoms with E-state index in [0.717, 1.165) is 41.7 Å². The Labute approximate surface area is 167 Å². The van der Waals surface area contributed by atoms with Crippen LogP contribution in [0.3, 0.4) is 0 Å². The van der Waals surface area contributed by atoms with Crippen molar-refractivity contribution in [2.45, 2.75) is 19.3 Å². The lowest BCUT2D eigenvalue weighted by Gasteiger charge is -2.32. The van der Waals surface area contributed by atoms with Crippen molar-refractivity contribution in [3.63, 3.8) is 0 Å². The van der Waals surface area contributed by atoms with Gasteiger partial charge in [-0.25, -0.2) is 4.39 Å². The van der Waals surface area contributed by atoms with E-state index in [9.17, 15) is 9.18 Å². The molecular formula is C20H21ClFN5O. The standard InChI is InChI=1S/C20H21ClFN5O/c21-18-5-6-19(26-25-18)27-9-1-2-14(12-27)20(28)23-8-7-13-11-24-17-4-3-15(22)10-16(13)17/h3-6,10-11,14,24H,1-2,7-9,12H2,(H,23,28)/t14-/m0/s1. The topological polar surface area (TPSA) is 73.9 Å². The number of fused-ring (bicyclic) bond motifs is 1. The second-order valence-electron chi connectivity index (χ2n) is 7.04. The van der Waals surface area contributed by atoms with Crippen LogP contribution in [-0.2, 0) is 11.2 Å². The van der Waals surface area contributed by atoms with Crippen LogP contribution in [0.2, 0.25) is 5.15 Å². The van der Waals surface area contributed by atoms with Gasteiger partial charge in [0.15, 0.2) is 11.0 Å². The zero-order valence-electron chi connectivity index (χ0n) is 15.3. The van der Waals surface area contributed by atoms with Crippen LogP contribution in [0, 0.1) is 11.7 Å². The first kappa shape index (κ1) is 18.7. The van der Waals surface area contributed by atoms with Crippen molar-refractivity contribution in [1.29, 1.82) is 0 Å². The molecule has 0 saturated carbocycles. The molecule has 28 heavy (non-hydrogen) atoms. The second-order valence-corrected chi connectivity index (χ2v) is 7.43. The number of hydrogen-bond acceptors (Lipinski definition) is 4. The summed E-state index contributed by atoms with van der Waals surface area (Å²) in [6.07, 6.45) is 4.29. The van der Waals surface area contributed by atoms with Crippen molar-refractivity contribution in [2.24, 2.45) is 5.92 Å². The van der Waals surface area contributed by atoms with Gasteiger partial charge in [-0.1, -0.05) is 11.6 Å². The Morgan fingerprint density at radius 3 is 3.04 bits per heavy atom. The monoisotopic (exact) mass is 401 g/mol. The van der Waals surface area contributed by atoms with Gasteiger partial charge >= 0.3 is 0 Å². The average molecular weight is 402 g/mol. The molecule has 1 aliphatic rings. The third kappa shape index (κ3) is 4.09. The third-order valence-electron chi connectivity index (χ3n) is 5.16. The van der Waals surface area contributed by atoms with E-state index in [1.54, 1.807) is 12.1 Å². The minimum Gasteiger partial charge on any atom is -0.361 e. The fourth-order valence-electron chi connectivity index (χ4n) is 3.70. The van der Waals surface area contributed by atoms with E-state index in [-0.39, 0.29) is 17.6 Å². The maximum atomic E-state index is 13.5. The summed E-state index contributed by atoms with van der Waals surface area (Å²) >= 11 is 5.79. The summed E-state index contributed by atoms with van der Waals surface area (Å²) in [6, 6.07) is 8.21. The molecule has 6 nitrogen and oxygen atoms in total. The highest BCUT2D eigenvalue weighted by Crippen LogP contribution is 2.22. The number of carbonyl (C=O) groups excluding carboxylic acids is 1. The van der Waals surface area contributed by atoms with Gasteiger partial charge in [-0.15, -0.1) is 10.2 Å². The summed E-state index contributed by atoms with van der Waals surface area (Å²) in [5.74, 6) is 0.428. The van der Waals surface area contributed by atoms with Crippen LogP contribution < -0.4 is 10.2 Å².